The van der Waals surface area contributed by atoms with Crippen molar-refractivity contribution < 1.29 is 9.90 Å². The Kier molecular flexibility index (Phi) is 6.62. The Balaban J connectivity index is 1.58. The largest absolute Gasteiger partial charge is 0.481 e. The molecule has 1 unspecified atom stereocenters. The van der Waals surface area contributed by atoms with Crippen LogP contribution in [0.25, 0.3) is 0 Å². The van der Waals surface area contributed by atoms with Gasteiger partial charge in [0.15, 0.2) is 0 Å². The molecule has 0 bridgehead atoms. The van der Waals surface area contributed by atoms with Gasteiger partial charge < -0.3 is 14.9 Å². The van der Waals surface area contributed by atoms with Crippen molar-refractivity contribution in [2.45, 2.75) is 70.3 Å². The van der Waals surface area contributed by atoms with E-state index in [9.17, 15) is 4.79 Å². The summed E-state index contributed by atoms with van der Waals surface area (Å²) in [5.41, 5.74) is 6.60. The molecule has 0 amide bonds. The Morgan fingerprint density at radius 2 is 1.59 bits per heavy atom. The Morgan fingerprint density at radius 1 is 0.941 bits per heavy atom. The number of carboxylic acid groups (broad SMARTS) is 1. The summed E-state index contributed by atoms with van der Waals surface area (Å²) in [5, 5.41) is 8.93. The van der Waals surface area contributed by atoms with Gasteiger partial charge in [0.2, 0.25) is 0 Å². The fourth-order valence-electron chi connectivity index (χ4n) is 5.85. The highest BCUT2D eigenvalue weighted by Crippen LogP contribution is 2.48. The molecule has 0 saturated carbocycles. The summed E-state index contributed by atoms with van der Waals surface area (Å²) < 4.78 is 0. The van der Waals surface area contributed by atoms with Gasteiger partial charge in [0.05, 0.1) is 6.04 Å². The van der Waals surface area contributed by atoms with E-state index in [1.54, 1.807) is 0 Å². The third-order valence-corrected chi connectivity index (χ3v) is 7.75. The van der Waals surface area contributed by atoms with Gasteiger partial charge in [-0.1, -0.05) is 82.7 Å². The molecule has 0 aliphatic carbocycles. The van der Waals surface area contributed by atoms with Gasteiger partial charge in [0, 0.05) is 47.9 Å². The molecule has 2 aromatic carbocycles. The quantitative estimate of drug-likeness (QED) is 0.449. The molecule has 2 aromatic rings. The number of nitrogens with zero attached hydrogens (tertiary/aromatic N) is 2. The second kappa shape index (κ2) is 9.32. The fourth-order valence-corrected chi connectivity index (χ4v) is 5.85. The topological polar surface area (TPSA) is 43.8 Å². The Morgan fingerprint density at radius 3 is 2.26 bits per heavy atom. The number of likely N-dealkylation sites (N-methyl/N-ethyl adjacent to an activating group) is 1. The first-order valence-electron chi connectivity index (χ1n) is 12.5. The average Bonchev–Trinajstić information content (AvgIpc) is 3.13. The van der Waals surface area contributed by atoms with E-state index in [1.807, 2.05) is 0 Å². The van der Waals surface area contributed by atoms with Crippen molar-refractivity contribution in [3.63, 3.8) is 0 Å². The maximum atomic E-state index is 10.9. The van der Waals surface area contributed by atoms with Crippen molar-refractivity contribution >= 4 is 17.3 Å². The molecule has 4 nitrogen and oxygen atoms in total. The first-order valence-corrected chi connectivity index (χ1v) is 12.5. The van der Waals surface area contributed by atoms with Crippen molar-refractivity contribution in [2.75, 3.05) is 23.4 Å². The minimum atomic E-state index is -0.708. The van der Waals surface area contributed by atoms with Crippen LogP contribution in [0.4, 0.5) is 11.4 Å². The van der Waals surface area contributed by atoms with Gasteiger partial charge in [-0.2, -0.15) is 0 Å². The molecule has 0 spiro atoms. The van der Waals surface area contributed by atoms with Gasteiger partial charge >= 0.3 is 5.97 Å². The van der Waals surface area contributed by atoms with Gasteiger partial charge in [-0.25, -0.2) is 0 Å². The molecule has 4 rings (SSSR count). The molecule has 0 aromatic heterocycles. The number of benzene rings is 2. The number of allylic oxidation sites excluding steroid dienone is 3. The summed E-state index contributed by atoms with van der Waals surface area (Å²) in [7, 11) is 2.19. The first-order chi connectivity index (χ1) is 16.2. The van der Waals surface area contributed by atoms with Crippen LogP contribution in [0.3, 0.4) is 0 Å². The number of para-hydroxylation sites is 2. The zero-order valence-electron chi connectivity index (χ0n) is 21.2. The third-order valence-electron chi connectivity index (χ3n) is 7.75. The lowest BCUT2D eigenvalue weighted by atomic mass is 9.80. The molecule has 0 fully saturated rings. The van der Waals surface area contributed by atoms with Crippen LogP contribution in [0.15, 0.2) is 72.5 Å². The Labute approximate surface area is 204 Å². The van der Waals surface area contributed by atoms with E-state index in [0.29, 0.717) is 0 Å². The number of carboxylic acids is 1. The molecule has 34 heavy (non-hydrogen) atoms. The summed E-state index contributed by atoms with van der Waals surface area (Å²) in [6, 6.07) is 17.7. The van der Waals surface area contributed by atoms with Crippen LogP contribution in [0, 0.1) is 0 Å². The highest BCUT2D eigenvalue weighted by molar-refractivity contribution is 5.71. The molecule has 0 radical (unpaired) electrons. The molecular formula is C30H38N2O2. The molecule has 2 aliphatic heterocycles. The van der Waals surface area contributed by atoms with Crippen LogP contribution < -0.4 is 9.80 Å². The Hall–Kier alpha value is -3.01. The average molecular weight is 459 g/mol. The summed E-state index contributed by atoms with van der Waals surface area (Å²) in [4.78, 5) is 15.7. The predicted octanol–water partition coefficient (Wildman–Crippen LogP) is 6.67. The summed E-state index contributed by atoms with van der Waals surface area (Å²) in [5.74, 6) is -0.708. The predicted molar refractivity (Wildman–Crippen MR) is 142 cm³/mol. The molecule has 180 valence electrons. The summed E-state index contributed by atoms with van der Waals surface area (Å²) in [6.07, 6.45) is 9.77. The van der Waals surface area contributed by atoms with E-state index in [-0.39, 0.29) is 23.3 Å². The van der Waals surface area contributed by atoms with Crippen molar-refractivity contribution in [1.29, 1.82) is 0 Å². The van der Waals surface area contributed by atoms with Gasteiger partial charge in [-0.15, -0.1) is 0 Å². The first kappa shape index (κ1) is 24.1. The van der Waals surface area contributed by atoms with E-state index in [1.165, 1.54) is 28.2 Å². The molecule has 2 heterocycles. The van der Waals surface area contributed by atoms with Crippen molar-refractivity contribution in [3.05, 3.63) is 83.6 Å². The van der Waals surface area contributed by atoms with Gasteiger partial charge in [0.25, 0.3) is 0 Å². The number of unbranched alkanes of at least 4 members (excludes halogenated alkanes) is 2. The van der Waals surface area contributed by atoms with Crippen LogP contribution >= 0.6 is 0 Å². The molecule has 4 heteroatoms. The number of rotatable bonds is 8. The molecule has 1 atom stereocenters. The number of carbonyl (C=O) groups is 1. The van der Waals surface area contributed by atoms with Crippen LogP contribution in [0.2, 0.25) is 0 Å². The lowest BCUT2D eigenvalue weighted by Crippen LogP contribution is -2.37. The van der Waals surface area contributed by atoms with Crippen LogP contribution in [-0.2, 0) is 15.6 Å². The van der Waals surface area contributed by atoms with E-state index in [4.69, 9.17) is 5.11 Å². The van der Waals surface area contributed by atoms with E-state index in [2.05, 4.69) is 111 Å². The third kappa shape index (κ3) is 4.26. The van der Waals surface area contributed by atoms with Gasteiger partial charge in [-0.05, 0) is 42.2 Å². The number of hydrogen-bond acceptors (Lipinski definition) is 3. The van der Waals surface area contributed by atoms with Crippen molar-refractivity contribution in [2.24, 2.45) is 0 Å². The van der Waals surface area contributed by atoms with Crippen molar-refractivity contribution in [3.8, 4) is 0 Å². The minimum Gasteiger partial charge on any atom is -0.481 e. The zero-order chi connectivity index (χ0) is 24.5. The summed E-state index contributed by atoms with van der Waals surface area (Å²) >= 11 is 0. The zero-order valence-corrected chi connectivity index (χ0v) is 21.2. The van der Waals surface area contributed by atoms with E-state index >= 15 is 0 Å². The van der Waals surface area contributed by atoms with Crippen molar-refractivity contribution in [1.82, 2.24) is 0 Å². The highest BCUT2D eigenvalue weighted by Gasteiger charge is 2.42. The van der Waals surface area contributed by atoms with E-state index < -0.39 is 5.97 Å². The van der Waals surface area contributed by atoms with E-state index in [0.717, 1.165) is 25.8 Å². The lowest BCUT2D eigenvalue weighted by molar-refractivity contribution is -0.137. The second-order valence-corrected chi connectivity index (χ2v) is 10.7. The maximum Gasteiger partial charge on any atom is 0.303 e. The number of aliphatic carboxylic acids is 1. The Bertz CT molecular complexity index is 1110. The van der Waals surface area contributed by atoms with Gasteiger partial charge in [-0.3, -0.25) is 4.79 Å². The highest BCUT2D eigenvalue weighted by atomic mass is 16.4. The smallest absolute Gasteiger partial charge is 0.303 e. The fraction of sp³-hybridized carbons (Fsp3) is 0.433. The molecule has 2 aliphatic rings. The van der Waals surface area contributed by atoms with Crippen LogP contribution in [0.5, 0.6) is 0 Å². The summed E-state index contributed by atoms with van der Waals surface area (Å²) in [6.45, 7) is 10.2. The molecule has 1 N–H and O–H groups in total. The molecular weight excluding hydrogens is 420 g/mol. The normalized spacial score (nSPS) is 21.3. The standard InChI is InChI=1S/C30H38N2O2/c1-29(2)22-14-8-10-16-24(22)31(5)26(29)18-13-19-27-30(3,4)23-15-9-11-17-25(23)32(27)21-12-6-7-20-28(33)34/h8-11,13-19,26H,6-7,12,20-21H2,1-5H3,(H,33,34)/b18-13+,27-19+. The maximum absolute atomic E-state index is 10.9. The monoisotopic (exact) mass is 458 g/mol. The number of fused-ring (bicyclic) bond motifs is 2. The SMILES string of the molecule is CN1c2ccccc2C(C)(C)C1/C=C/C=C1/N(CCCCCC(=O)O)c2ccccc2C1(C)C. The second-order valence-electron chi connectivity index (χ2n) is 10.7. The number of anilines is 2. The molecule has 0 saturated heterocycles. The van der Waals surface area contributed by atoms with Crippen LogP contribution in [0.1, 0.15) is 64.5 Å². The lowest BCUT2D eigenvalue weighted by Gasteiger charge is -2.30. The minimum absolute atomic E-state index is 0.0400. The van der Waals surface area contributed by atoms with Gasteiger partial charge in [0.1, 0.15) is 0 Å². The van der Waals surface area contributed by atoms with Crippen LogP contribution in [-0.4, -0.2) is 30.7 Å². The number of hydrogen-bond donors (Lipinski definition) is 1.